The molecule has 1 rings (SSSR count). The first-order valence-corrected chi connectivity index (χ1v) is 7.62. The van der Waals surface area contributed by atoms with E-state index in [1.54, 1.807) is 25.5 Å². The Bertz CT molecular complexity index is 559. The third-order valence-electron chi connectivity index (χ3n) is 2.20. The molecule has 0 saturated carbocycles. The summed E-state index contributed by atoms with van der Waals surface area (Å²) in [6.45, 7) is 6.99. The van der Waals surface area contributed by atoms with Gasteiger partial charge in [-0.15, -0.1) is 0 Å². The van der Waals surface area contributed by atoms with Gasteiger partial charge in [-0.05, 0) is 33.3 Å². The van der Waals surface area contributed by atoms with Gasteiger partial charge in [-0.1, -0.05) is 29.8 Å². The van der Waals surface area contributed by atoms with Crippen molar-refractivity contribution in [1.82, 2.24) is 9.44 Å². The molecule has 1 aromatic carbocycles. The molecular formula is C13H20N2O4S. The van der Waals surface area contributed by atoms with Gasteiger partial charge in [-0.2, -0.15) is 13.1 Å². The van der Waals surface area contributed by atoms with Gasteiger partial charge in [0.15, 0.2) is 0 Å². The molecule has 0 aliphatic heterocycles. The highest BCUT2D eigenvalue weighted by molar-refractivity contribution is 7.88. The minimum absolute atomic E-state index is 0.0956. The fraction of sp³-hybridized carbons (Fsp3) is 0.462. The second kappa shape index (κ2) is 6.23. The monoisotopic (exact) mass is 300 g/mol. The van der Waals surface area contributed by atoms with Crippen molar-refractivity contribution < 1.29 is 17.9 Å². The highest BCUT2D eigenvalue weighted by atomic mass is 32.2. The molecule has 0 aliphatic rings. The Balaban J connectivity index is 2.53. The van der Waals surface area contributed by atoms with E-state index in [1.165, 1.54) is 0 Å². The van der Waals surface area contributed by atoms with Crippen LogP contribution in [0.4, 0.5) is 4.79 Å². The van der Waals surface area contributed by atoms with Crippen LogP contribution in [-0.2, 0) is 21.5 Å². The minimum atomic E-state index is -3.94. The fourth-order valence-electron chi connectivity index (χ4n) is 1.33. The van der Waals surface area contributed by atoms with Crippen LogP contribution in [0.2, 0.25) is 0 Å². The Hall–Kier alpha value is -1.60. The molecule has 20 heavy (non-hydrogen) atoms. The lowest BCUT2D eigenvalue weighted by Gasteiger charge is -2.19. The largest absolute Gasteiger partial charge is 0.443 e. The molecule has 0 saturated heterocycles. The summed E-state index contributed by atoms with van der Waals surface area (Å²) >= 11 is 0. The van der Waals surface area contributed by atoms with Crippen molar-refractivity contribution in [2.24, 2.45) is 0 Å². The molecular weight excluding hydrogens is 280 g/mol. The van der Waals surface area contributed by atoms with Crippen LogP contribution in [0.5, 0.6) is 0 Å². The van der Waals surface area contributed by atoms with E-state index in [0.717, 1.165) is 11.1 Å². The summed E-state index contributed by atoms with van der Waals surface area (Å²) in [5.74, 6) is 0. The summed E-state index contributed by atoms with van der Waals surface area (Å²) in [6.07, 6.45) is -1.01. The van der Waals surface area contributed by atoms with Crippen LogP contribution in [0.1, 0.15) is 31.9 Å². The molecule has 0 heterocycles. The zero-order chi connectivity index (χ0) is 15.4. The van der Waals surface area contributed by atoms with E-state index >= 15 is 0 Å². The van der Waals surface area contributed by atoms with E-state index in [9.17, 15) is 13.2 Å². The molecule has 7 heteroatoms. The van der Waals surface area contributed by atoms with Gasteiger partial charge in [-0.25, -0.2) is 9.52 Å². The van der Waals surface area contributed by atoms with Crippen LogP contribution in [-0.4, -0.2) is 20.1 Å². The summed E-state index contributed by atoms with van der Waals surface area (Å²) in [5.41, 5.74) is 1.13. The maximum Gasteiger partial charge on any atom is 0.422 e. The molecule has 1 aromatic rings. The Morgan fingerprint density at radius 1 is 1.20 bits per heavy atom. The molecule has 2 N–H and O–H groups in total. The Labute approximate surface area is 119 Å². The predicted molar refractivity (Wildman–Crippen MR) is 76.3 cm³/mol. The number of hydrogen-bond donors (Lipinski definition) is 2. The van der Waals surface area contributed by atoms with Crippen LogP contribution in [0.25, 0.3) is 0 Å². The number of rotatable bonds is 4. The topological polar surface area (TPSA) is 84.5 Å². The first-order chi connectivity index (χ1) is 9.07. The number of nitrogens with one attached hydrogen (secondary N) is 2. The van der Waals surface area contributed by atoms with Crippen molar-refractivity contribution in [2.75, 3.05) is 0 Å². The van der Waals surface area contributed by atoms with Gasteiger partial charge in [0, 0.05) is 6.54 Å². The lowest BCUT2D eigenvalue weighted by molar-refractivity contribution is 0.0569. The molecule has 0 spiro atoms. The lowest BCUT2D eigenvalue weighted by atomic mass is 10.2. The van der Waals surface area contributed by atoms with Gasteiger partial charge >= 0.3 is 16.3 Å². The van der Waals surface area contributed by atoms with Crippen molar-refractivity contribution in [1.29, 1.82) is 0 Å². The quantitative estimate of drug-likeness (QED) is 0.889. The summed E-state index contributed by atoms with van der Waals surface area (Å²) in [4.78, 5) is 11.4. The molecule has 0 unspecified atom stereocenters. The normalized spacial score (nSPS) is 12.0. The molecule has 0 aliphatic carbocycles. The van der Waals surface area contributed by atoms with Gasteiger partial charge in [0.25, 0.3) is 0 Å². The average molecular weight is 300 g/mol. The van der Waals surface area contributed by atoms with Gasteiger partial charge < -0.3 is 4.74 Å². The number of aryl methyl sites for hydroxylation is 1. The Kier molecular flexibility index (Phi) is 5.13. The van der Waals surface area contributed by atoms with E-state index in [0.29, 0.717) is 0 Å². The SMILES string of the molecule is Cc1ccc(CNS(=O)(=O)NC(=O)OC(C)(C)C)cc1. The molecule has 0 bridgehead atoms. The average Bonchev–Trinajstić information content (AvgIpc) is 2.24. The fourth-order valence-corrected chi connectivity index (χ4v) is 2.02. The molecule has 0 aromatic heterocycles. The summed E-state index contributed by atoms with van der Waals surface area (Å²) in [6, 6.07) is 7.38. The lowest BCUT2D eigenvalue weighted by Crippen LogP contribution is -2.42. The Morgan fingerprint density at radius 2 is 1.75 bits per heavy atom. The third kappa shape index (κ3) is 6.53. The van der Waals surface area contributed by atoms with Crippen molar-refractivity contribution >= 4 is 16.3 Å². The van der Waals surface area contributed by atoms with E-state index in [-0.39, 0.29) is 6.54 Å². The predicted octanol–water partition coefficient (Wildman–Crippen LogP) is 1.85. The maximum absolute atomic E-state index is 11.6. The van der Waals surface area contributed by atoms with Crippen LogP contribution < -0.4 is 9.44 Å². The van der Waals surface area contributed by atoms with E-state index in [2.05, 4.69) is 4.72 Å². The summed E-state index contributed by atoms with van der Waals surface area (Å²) < 4.78 is 32.2. The first kappa shape index (κ1) is 16.5. The number of amides is 1. The van der Waals surface area contributed by atoms with Crippen LogP contribution >= 0.6 is 0 Å². The van der Waals surface area contributed by atoms with E-state index in [1.807, 2.05) is 31.2 Å². The first-order valence-electron chi connectivity index (χ1n) is 6.13. The summed E-state index contributed by atoms with van der Waals surface area (Å²) in [5, 5.41) is 0. The van der Waals surface area contributed by atoms with Crippen LogP contribution in [0, 0.1) is 6.92 Å². The second-order valence-electron chi connectivity index (χ2n) is 5.41. The molecule has 0 fully saturated rings. The zero-order valence-electron chi connectivity index (χ0n) is 12.1. The number of carbonyl (C=O) groups is 1. The maximum atomic E-state index is 11.6. The van der Waals surface area contributed by atoms with E-state index in [4.69, 9.17) is 4.74 Å². The van der Waals surface area contributed by atoms with Crippen LogP contribution in [0.3, 0.4) is 0 Å². The van der Waals surface area contributed by atoms with Crippen molar-refractivity contribution in [3.05, 3.63) is 35.4 Å². The molecule has 6 nitrogen and oxygen atoms in total. The highest BCUT2D eigenvalue weighted by Crippen LogP contribution is 2.07. The minimum Gasteiger partial charge on any atom is -0.443 e. The van der Waals surface area contributed by atoms with Crippen molar-refractivity contribution in [2.45, 2.75) is 39.8 Å². The second-order valence-corrected chi connectivity index (χ2v) is 6.91. The van der Waals surface area contributed by atoms with Crippen LogP contribution in [0.15, 0.2) is 24.3 Å². The third-order valence-corrected chi connectivity index (χ3v) is 3.16. The van der Waals surface area contributed by atoms with Gasteiger partial charge in [0.1, 0.15) is 5.60 Å². The number of hydrogen-bond acceptors (Lipinski definition) is 4. The van der Waals surface area contributed by atoms with Gasteiger partial charge in [-0.3, -0.25) is 0 Å². The van der Waals surface area contributed by atoms with Crippen molar-refractivity contribution in [3.8, 4) is 0 Å². The number of benzene rings is 1. The number of carbonyl (C=O) groups excluding carboxylic acids is 1. The summed E-state index contributed by atoms with van der Waals surface area (Å²) in [7, 11) is -3.94. The zero-order valence-corrected chi connectivity index (χ0v) is 12.9. The standard InChI is InChI=1S/C13H20N2O4S/c1-10-5-7-11(8-6-10)9-14-20(17,18)15-12(16)19-13(2,3)4/h5-8,14H,9H2,1-4H3,(H,15,16). The smallest absolute Gasteiger partial charge is 0.422 e. The molecule has 0 atom stereocenters. The molecule has 1 amide bonds. The molecule has 0 radical (unpaired) electrons. The van der Waals surface area contributed by atoms with E-state index < -0.39 is 21.9 Å². The van der Waals surface area contributed by atoms with Gasteiger partial charge in [0.05, 0.1) is 0 Å². The molecule has 112 valence electrons. The highest BCUT2D eigenvalue weighted by Gasteiger charge is 2.20. The number of ether oxygens (including phenoxy) is 1. The van der Waals surface area contributed by atoms with Crippen molar-refractivity contribution in [3.63, 3.8) is 0 Å². The Morgan fingerprint density at radius 3 is 2.25 bits per heavy atom. The van der Waals surface area contributed by atoms with Gasteiger partial charge in [0.2, 0.25) is 0 Å².